The number of carbonyl (C=O) groups is 2. The quantitative estimate of drug-likeness (QED) is 0.215. The van der Waals surface area contributed by atoms with Crippen LogP contribution in [0.1, 0.15) is 51.7 Å². The second kappa shape index (κ2) is 14.9. The summed E-state index contributed by atoms with van der Waals surface area (Å²) in [6, 6.07) is 12.9. The number of hydrogen-bond donors (Lipinski definition) is 0. The van der Waals surface area contributed by atoms with Gasteiger partial charge in [0.05, 0.1) is 19.2 Å². The fourth-order valence-corrected chi connectivity index (χ4v) is 5.97. The van der Waals surface area contributed by atoms with Crippen molar-refractivity contribution in [3.63, 3.8) is 0 Å². The Morgan fingerprint density at radius 2 is 1.74 bits per heavy atom. The van der Waals surface area contributed by atoms with Crippen LogP contribution in [0.2, 0.25) is 0 Å². The van der Waals surface area contributed by atoms with Crippen molar-refractivity contribution in [2.24, 2.45) is 0 Å². The second-order valence-corrected chi connectivity index (χ2v) is 12.7. The SMILES string of the molecule is CCOC(=O)C=Cc1cc(=O)n(CCN2CCC(N(Cc3ccc4c(c3)OCCO4)C(=O)OC(C)(C)C)CC2)c2cc(OC)ccc12. The van der Waals surface area contributed by atoms with Gasteiger partial charge in [-0.05, 0) is 82.0 Å². The molecular weight excluding hydrogens is 602 g/mol. The Labute approximate surface area is 275 Å². The first-order valence-electron chi connectivity index (χ1n) is 16.2. The molecule has 47 heavy (non-hydrogen) atoms. The Morgan fingerprint density at radius 1 is 1.00 bits per heavy atom. The number of hydrogen-bond acceptors (Lipinski definition) is 9. The highest BCUT2D eigenvalue weighted by Crippen LogP contribution is 2.32. The lowest BCUT2D eigenvalue weighted by Gasteiger charge is -2.39. The zero-order chi connectivity index (χ0) is 33.6. The van der Waals surface area contributed by atoms with E-state index in [1.54, 1.807) is 30.7 Å². The number of rotatable bonds is 10. The van der Waals surface area contributed by atoms with Gasteiger partial charge in [0.25, 0.3) is 5.56 Å². The summed E-state index contributed by atoms with van der Waals surface area (Å²) in [5.74, 6) is 1.58. The van der Waals surface area contributed by atoms with Gasteiger partial charge in [-0.2, -0.15) is 0 Å². The summed E-state index contributed by atoms with van der Waals surface area (Å²) in [7, 11) is 1.59. The van der Waals surface area contributed by atoms with E-state index in [-0.39, 0.29) is 24.3 Å². The van der Waals surface area contributed by atoms with Gasteiger partial charge in [0.1, 0.15) is 24.6 Å². The fourth-order valence-electron chi connectivity index (χ4n) is 5.97. The monoisotopic (exact) mass is 647 g/mol. The lowest BCUT2D eigenvalue weighted by molar-refractivity contribution is -0.137. The standard InChI is InChI=1S/C36H45N3O8/c1-6-44-34(41)12-8-26-22-33(40)38(30-23-28(43-5)9-10-29(26)30)18-17-37-15-13-27(14-16-37)39(35(42)47-36(2,3)4)24-25-7-11-31-32(21-25)46-20-19-45-31/h7-12,21-23,27H,6,13-20,24H2,1-5H3. The van der Waals surface area contributed by atoms with E-state index in [1.807, 2.05) is 62.1 Å². The number of esters is 1. The molecule has 1 saturated heterocycles. The molecule has 1 aromatic heterocycles. The molecule has 1 amide bonds. The van der Waals surface area contributed by atoms with Gasteiger partial charge in [-0.1, -0.05) is 6.07 Å². The van der Waals surface area contributed by atoms with Crippen LogP contribution in [0.4, 0.5) is 4.79 Å². The topological polar surface area (TPSA) is 109 Å². The highest BCUT2D eigenvalue weighted by atomic mass is 16.6. The van der Waals surface area contributed by atoms with Gasteiger partial charge >= 0.3 is 12.1 Å². The number of benzene rings is 2. The number of ether oxygens (including phenoxy) is 5. The van der Waals surface area contributed by atoms with Crippen LogP contribution >= 0.6 is 0 Å². The molecule has 3 heterocycles. The molecule has 11 nitrogen and oxygen atoms in total. The van der Waals surface area contributed by atoms with E-state index in [0.29, 0.717) is 55.7 Å². The van der Waals surface area contributed by atoms with Crippen molar-refractivity contribution in [2.75, 3.05) is 46.6 Å². The third kappa shape index (κ3) is 8.65. The Morgan fingerprint density at radius 3 is 2.45 bits per heavy atom. The molecule has 1 fully saturated rings. The Hall–Kier alpha value is -4.51. The third-order valence-corrected chi connectivity index (χ3v) is 8.26. The molecule has 0 spiro atoms. The number of aromatic nitrogens is 1. The molecule has 0 saturated carbocycles. The first-order chi connectivity index (χ1) is 22.5. The van der Waals surface area contributed by atoms with Gasteiger partial charge in [-0.3, -0.25) is 4.79 Å². The number of methoxy groups -OCH3 is 1. The summed E-state index contributed by atoms with van der Waals surface area (Å²) in [4.78, 5) is 42.9. The molecule has 2 aliphatic rings. The molecule has 0 N–H and O–H groups in total. The molecule has 0 radical (unpaired) electrons. The van der Waals surface area contributed by atoms with Crippen molar-refractivity contribution < 1.29 is 33.3 Å². The maximum absolute atomic E-state index is 13.5. The number of amides is 1. The van der Waals surface area contributed by atoms with Gasteiger partial charge in [0.15, 0.2) is 11.5 Å². The van der Waals surface area contributed by atoms with Gasteiger partial charge in [-0.15, -0.1) is 0 Å². The van der Waals surface area contributed by atoms with Gasteiger partial charge in [0, 0.05) is 62.4 Å². The normalized spacial score (nSPS) is 15.5. The molecule has 2 aliphatic heterocycles. The number of pyridine rings is 1. The fraction of sp³-hybridized carbons (Fsp3) is 0.472. The average molecular weight is 648 g/mol. The van der Waals surface area contributed by atoms with Crippen LogP contribution in [-0.4, -0.2) is 84.6 Å². The minimum atomic E-state index is -0.619. The molecule has 0 atom stereocenters. The van der Waals surface area contributed by atoms with E-state index in [9.17, 15) is 14.4 Å². The molecule has 3 aromatic rings. The smallest absolute Gasteiger partial charge is 0.410 e. The first-order valence-corrected chi connectivity index (χ1v) is 16.2. The maximum Gasteiger partial charge on any atom is 0.410 e. The molecule has 0 aliphatic carbocycles. The Balaban J connectivity index is 1.29. The predicted molar refractivity (Wildman–Crippen MR) is 179 cm³/mol. The van der Waals surface area contributed by atoms with E-state index in [1.165, 1.54) is 6.08 Å². The van der Waals surface area contributed by atoms with Crippen LogP contribution in [0, 0.1) is 0 Å². The van der Waals surface area contributed by atoms with Crippen LogP contribution in [-0.2, 0) is 27.4 Å². The second-order valence-electron chi connectivity index (χ2n) is 12.7. The van der Waals surface area contributed by atoms with Crippen LogP contribution in [0.5, 0.6) is 17.2 Å². The highest BCUT2D eigenvalue weighted by Gasteiger charge is 2.31. The Bertz CT molecular complexity index is 1670. The van der Waals surface area contributed by atoms with Crippen LogP contribution < -0.4 is 19.8 Å². The zero-order valence-corrected chi connectivity index (χ0v) is 28.0. The summed E-state index contributed by atoms with van der Waals surface area (Å²) >= 11 is 0. The van der Waals surface area contributed by atoms with E-state index in [0.717, 1.165) is 42.4 Å². The largest absolute Gasteiger partial charge is 0.497 e. The minimum Gasteiger partial charge on any atom is -0.497 e. The number of carbonyl (C=O) groups excluding carboxylic acids is 2. The van der Waals surface area contributed by atoms with Crippen molar-refractivity contribution in [2.45, 2.75) is 65.3 Å². The molecule has 0 unspecified atom stereocenters. The number of nitrogens with zero attached hydrogens (tertiary/aromatic N) is 3. The summed E-state index contributed by atoms with van der Waals surface area (Å²) in [5, 5.41) is 0.830. The summed E-state index contributed by atoms with van der Waals surface area (Å²) in [5.41, 5.74) is 1.53. The van der Waals surface area contributed by atoms with Crippen molar-refractivity contribution in [1.29, 1.82) is 0 Å². The van der Waals surface area contributed by atoms with Crippen LogP contribution in [0.25, 0.3) is 17.0 Å². The predicted octanol–water partition coefficient (Wildman–Crippen LogP) is 5.26. The van der Waals surface area contributed by atoms with Crippen molar-refractivity contribution in [1.82, 2.24) is 14.4 Å². The average Bonchev–Trinajstić information content (AvgIpc) is 3.05. The number of fused-ring (bicyclic) bond motifs is 2. The molecular formula is C36H45N3O8. The van der Waals surface area contributed by atoms with Crippen LogP contribution in [0.3, 0.4) is 0 Å². The molecule has 11 heteroatoms. The minimum absolute atomic E-state index is 0.00687. The highest BCUT2D eigenvalue weighted by molar-refractivity contribution is 5.94. The summed E-state index contributed by atoms with van der Waals surface area (Å²) < 4.78 is 29.5. The van der Waals surface area contributed by atoms with E-state index in [4.69, 9.17) is 23.7 Å². The van der Waals surface area contributed by atoms with Gasteiger partial charge < -0.3 is 38.1 Å². The lowest BCUT2D eigenvalue weighted by Crippen LogP contribution is -2.49. The zero-order valence-electron chi connectivity index (χ0n) is 28.0. The van der Waals surface area contributed by atoms with E-state index >= 15 is 0 Å². The van der Waals surface area contributed by atoms with Crippen molar-refractivity contribution in [3.8, 4) is 17.2 Å². The van der Waals surface area contributed by atoms with Crippen molar-refractivity contribution >= 4 is 29.0 Å². The van der Waals surface area contributed by atoms with Crippen molar-refractivity contribution in [3.05, 3.63) is 70.0 Å². The Kier molecular flexibility index (Phi) is 10.8. The number of piperidine rings is 1. The maximum atomic E-state index is 13.5. The van der Waals surface area contributed by atoms with Crippen LogP contribution in [0.15, 0.2) is 53.3 Å². The molecule has 2 aromatic carbocycles. The lowest BCUT2D eigenvalue weighted by atomic mass is 10.0. The molecule has 252 valence electrons. The van der Waals surface area contributed by atoms with Gasteiger partial charge in [0.2, 0.25) is 0 Å². The number of likely N-dealkylation sites (tertiary alicyclic amines) is 1. The summed E-state index contributed by atoms with van der Waals surface area (Å²) in [6.07, 6.45) is 4.15. The first kappa shape index (κ1) is 33.8. The molecule has 5 rings (SSSR count). The van der Waals surface area contributed by atoms with E-state index < -0.39 is 11.6 Å². The summed E-state index contributed by atoms with van der Waals surface area (Å²) in [6.45, 7) is 11.7. The third-order valence-electron chi connectivity index (χ3n) is 8.26. The molecule has 0 bridgehead atoms. The van der Waals surface area contributed by atoms with E-state index in [2.05, 4.69) is 4.90 Å². The van der Waals surface area contributed by atoms with Gasteiger partial charge in [-0.25, -0.2) is 9.59 Å².